The number of terminal acetylenes is 1. The van der Waals surface area contributed by atoms with E-state index < -0.39 is 0 Å². The fraction of sp³-hybridized carbons (Fsp3) is 0.125. The van der Waals surface area contributed by atoms with Gasteiger partial charge < -0.3 is 25.3 Å². The van der Waals surface area contributed by atoms with Crippen molar-refractivity contribution in [3.8, 4) is 52.1 Å². The SMILES string of the molecule is C#Cc1ccnc(Br)c1.COc1ccc(CN=[N+]=[N-])cc1.COc1ccc(Cn2cc(-c3ccnc(Br)c3)nn2)cc1.COc1ccc(Cn2cc(-c3ccnc(Nc4cc(C)cc(Br)n4)c3)nn2)cc1.Nc1cccc(Br)n1. The van der Waals surface area contributed by atoms with E-state index in [0.717, 1.165) is 91.8 Å². The molecule has 7 aromatic heterocycles. The lowest BCUT2D eigenvalue weighted by molar-refractivity contribution is 0.414. The molecule has 0 saturated carbocycles. The Kier molecular flexibility index (Phi) is 23.9. The normalized spacial score (nSPS) is 9.96. The molecule has 79 heavy (non-hydrogen) atoms. The van der Waals surface area contributed by atoms with Gasteiger partial charge in [0.15, 0.2) is 0 Å². The van der Waals surface area contributed by atoms with Gasteiger partial charge in [-0.15, -0.1) is 16.6 Å². The van der Waals surface area contributed by atoms with Crippen LogP contribution < -0.4 is 25.3 Å². The molecule has 7 heterocycles. The number of halogens is 4. The van der Waals surface area contributed by atoms with Crippen molar-refractivity contribution in [3.63, 3.8) is 0 Å². The molecule has 0 saturated heterocycles. The third kappa shape index (κ3) is 20.7. The number of rotatable bonds is 13. The van der Waals surface area contributed by atoms with Crippen LogP contribution in [0.1, 0.15) is 27.8 Å². The lowest BCUT2D eigenvalue weighted by atomic mass is 10.2. The molecule has 0 aliphatic heterocycles. The number of anilines is 3. The molecule has 3 N–H and O–H groups in total. The summed E-state index contributed by atoms with van der Waals surface area (Å²) in [5.41, 5.74) is 22.1. The number of nitrogens with zero attached hydrogens (tertiary/aromatic N) is 14. The smallest absolute Gasteiger partial charge is 0.133 e. The van der Waals surface area contributed by atoms with Crippen molar-refractivity contribution in [2.75, 3.05) is 32.4 Å². The number of benzene rings is 3. The Morgan fingerprint density at radius 2 is 1.11 bits per heavy atom. The fourth-order valence-electron chi connectivity index (χ4n) is 6.65. The first-order valence-electron chi connectivity index (χ1n) is 23.5. The van der Waals surface area contributed by atoms with Crippen molar-refractivity contribution in [2.45, 2.75) is 26.6 Å². The van der Waals surface area contributed by atoms with Crippen LogP contribution in [0.5, 0.6) is 17.2 Å². The van der Waals surface area contributed by atoms with Crippen molar-refractivity contribution in [2.24, 2.45) is 5.11 Å². The minimum atomic E-state index is 0.389. The zero-order valence-corrected chi connectivity index (χ0v) is 49.3. The van der Waals surface area contributed by atoms with E-state index in [9.17, 15) is 0 Å². The zero-order valence-electron chi connectivity index (χ0n) is 42.9. The molecular weight excluding hydrogens is 1260 g/mol. The molecule has 19 nitrogen and oxygen atoms in total. The van der Waals surface area contributed by atoms with E-state index >= 15 is 0 Å². The van der Waals surface area contributed by atoms with Crippen LogP contribution in [0.15, 0.2) is 194 Å². The van der Waals surface area contributed by atoms with Gasteiger partial charge in [0.25, 0.3) is 0 Å². The summed E-state index contributed by atoms with van der Waals surface area (Å²) in [4.78, 5) is 23.3. The van der Waals surface area contributed by atoms with Crippen LogP contribution in [-0.2, 0) is 19.6 Å². The van der Waals surface area contributed by atoms with Crippen LogP contribution in [0.4, 0.5) is 17.5 Å². The number of hydrogen-bond acceptors (Lipinski definition) is 15. The van der Waals surface area contributed by atoms with Gasteiger partial charge in [0.05, 0.1) is 53.4 Å². The van der Waals surface area contributed by atoms with Crippen molar-refractivity contribution in [1.29, 1.82) is 0 Å². The number of nitrogens with two attached hydrogens (primary N) is 1. The highest BCUT2D eigenvalue weighted by Gasteiger charge is 2.09. The molecule has 0 spiro atoms. The Hall–Kier alpha value is -8.52. The molecular formula is C56H50Br4N16O3. The molecule has 0 unspecified atom stereocenters. The number of methoxy groups -OCH3 is 3. The molecule has 23 heteroatoms. The Morgan fingerprint density at radius 3 is 1.57 bits per heavy atom. The van der Waals surface area contributed by atoms with Crippen molar-refractivity contribution >= 4 is 81.2 Å². The second-order valence-corrected chi connectivity index (χ2v) is 19.5. The van der Waals surface area contributed by atoms with Gasteiger partial charge >= 0.3 is 0 Å². The molecule has 10 aromatic rings. The second kappa shape index (κ2) is 31.6. The van der Waals surface area contributed by atoms with Crippen LogP contribution >= 0.6 is 63.7 Å². The van der Waals surface area contributed by atoms with Crippen LogP contribution in [-0.4, -0.2) is 76.2 Å². The van der Waals surface area contributed by atoms with Crippen molar-refractivity contribution < 1.29 is 14.2 Å². The zero-order chi connectivity index (χ0) is 56.4. The van der Waals surface area contributed by atoms with Crippen LogP contribution in [0.3, 0.4) is 0 Å². The molecule has 0 aliphatic carbocycles. The number of pyridine rings is 5. The molecule has 0 fully saturated rings. The third-order valence-electron chi connectivity index (χ3n) is 10.5. The maximum Gasteiger partial charge on any atom is 0.133 e. The Balaban J connectivity index is 0.000000175. The predicted molar refractivity (Wildman–Crippen MR) is 320 cm³/mol. The average molecular weight is 1310 g/mol. The molecule has 400 valence electrons. The highest BCUT2D eigenvalue weighted by Crippen LogP contribution is 2.24. The molecule has 10 rings (SSSR count). The Labute approximate surface area is 490 Å². The van der Waals surface area contributed by atoms with E-state index in [4.69, 9.17) is 31.9 Å². The van der Waals surface area contributed by atoms with Gasteiger partial charge in [-0.25, -0.2) is 34.3 Å². The van der Waals surface area contributed by atoms with Gasteiger partial charge in [-0.05, 0) is 195 Å². The monoisotopic (exact) mass is 1310 g/mol. The molecule has 0 amide bonds. The summed E-state index contributed by atoms with van der Waals surface area (Å²) >= 11 is 13.1. The van der Waals surface area contributed by atoms with E-state index in [1.165, 1.54) is 0 Å². The van der Waals surface area contributed by atoms with Gasteiger partial charge in [0.1, 0.15) is 64.5 Å². The Bertz CT molecular complexity index is 3550. The summed E-state index contributed by atoms with van der Waals surface area (Å²) in [5, 5.41) is 23.6. The Morgan fingerprint density at radius 1 is 0.595 bits per heavy atom. The average Bonchev–Trinajstić information content (AvgIpc) is 4.15. The molecule has 3 aromatic carbocycles. The first-order valence-corrected chi connectivity index (χ1v) is 26.6. The summed E-state index contributed by atoms with van der Waals surface area (Å²) in [6, 6.07) is 43.8. The van der Waals surface area contributed by atoms with E-state index in [2.05, 4.69) is 131 Å². The van der Waals surface area contributed by atoms with Gasteiger partial charge in [-0.1, -0.05) is 63.9 Å². The summed E-state index contributed by atoms with van der Waals surface area (Å²) < 4.78 is 22.0. The third-order valence-corrected chi connectivity index (χ3v) is 12.2. The standard InChI is InChI=1S/C21H19BrN6O.C15H13BrN4O.C8H9N3O.C7H4BrN.C5H5BrN2/c1-14-9-19(22)24-21(10-14)25-20-11-16(7-8-23-20)18-13-28(27-26-18)12-15-3-5-17(29-2)6-4-15;1-21-13-4-2-11(3-5-13)9-20-10-14(18-19-20)12-6-7-17-15(16)8-12;1-12-8-4-2-7(3-5-8)6-10-11-9;1-2-6-3-4-9-7(8)5-6;6-4-2-1-3-5(7)8-4/h3-11,13H,12H2,1-2H3,(H,23,24,25);2-8,10H,9H2,1H3;2-5H,6H2,1H3;1,3-5H;1-3H,(H2,7,8). The molecule has 0 aliphatic rings. The highest BCUT2D eigenvalue weighted by molar-refractivity contribution is 9.11. The lowest BCUT2D eigenvalue weighted by Gasteiger charge is -2.07. The number of nitrogen functional groups attached to an aromatic ring is 1. The largest absolute Gasteiger partial charge is 0.497 e. The molecule has 0 radical (unpaired) electrons. The van der Waals surface area contributed by atoms with Gasteiger partial charge in [-0.2, -0.15) is 0 Å². The van der Waals surface area contributed by atoms with Gasteiger partial charge in [-0.3, -0.25) is 0 Å². The predicted octanol–water partition coefficient (Wildman–Crippen LogP) is 13.5. The number of hydrogen-bond donors (Lipinski definition) is 2. The first kappa shape index (κ1) is 59.7. The minimum Gasteiger partial charge on any atom is -0.497 e. The number of aromatic nitrogens is 11. The lowest BCUT2D eigenvalue weighted by Crippen LogP contribution is -2.00. The second-order valence-electron chi connectivity index (χ2n) is 16.2. The topological polar surface area (TPSA) is 240 Å². The maximum absolute atomic E-state index is 8.06. The first-order chi connectivity index (χ1) is 38.3. The van der Waals surface area contributed by atoms with Gasteiger partial charge in [0, 0.05) is 40.2 Å². The summed E-state index contributed by atoms with van der Waals surface area (Å²) in [6.45, 7) is 3.71. The number of nitrogens with one attached hydrogen (secondary N) is 1. The maximum atomic E-state index is 8.06. The van der Waals surface area contributed by atoms with E-state index in [0.29, 0.717) is 31.3 Å². The summed E-state index contributed by atoms with van der Waals surface area (Å²) in [6.07, 6.45) is 14.1. The summed E-state index contributed by atoms with van der Waals surface area (Å²) in [7, 11) is 4.93. The van der Waals surface area contributed by atoms with Gasteiger partial charge in [0.2, 0.25) is 0 Å². The number of azide groups is 1. The van der Waals surface area contributed by atoms with E-state index in [1.54, 1.807) is 58.1 Å². The molecule has 0 atom stereocenters. The van der Waals surface area contributed by atoms with Crippen molar-refractivity contribution in [1.82, 2.24) is 54.9 Å². The van der Waals surface area contributed by atoms with Crippen LogP contribution in [0, 0.1) is 19.3 Å². The van der Waals surface area contributed by atoms with E-state index in [-0.39, 0.29) is 0 Å². The molecule has 0 bridgehead atoms. The summed E-state index contributed by atoms with van der Waals surface area (Å²) in [5.74, 6) is 6.94. The van der Waals surface area contributed by atoms with Crippen molar-refractivity contribution in [3.05, 3.63) is 227 Å². The quantitative estimate of drug-likeness (QED) is 0.0359. The highest BCUT2D eigenvalue weighted by atomic mass is 79.9. The van der Waals surface area contributed by atoms with E-state index in [1.807, 2.05) is 150 Å². The number of ether oxygens (including phenoxy) is 3. The van der Waals surface area contributed by atoms with Crippen LogP contribution in [0.2, 0.25) is 0 Å². The number of aryl methyl sites for hydroxylation is 1. The fourth-order valence-corrected chi connectivity index (χ4v) is 8.29. The minimum absolute atomic E-state index is 0.389. The van der Waals surface area contributed by atoms with Crippen LogP contribution in [0.25, 0.3) is 33.0 Å².